The van der Waals surface area contributed by atoms with Crippen molar-refractivity contribution < 1.29 is 17.9 Å². The molecule has 29 heavy (non-hydrogen) atoms. The van der Waals surface area contributed by atoms with Gasteiger partial charge in [-0.15, -0.1) is 0 Å². The topological polar surface area (TPSA) is 84.7 Å². The minimum atomic E-state index is -3.38. The Morgan fingerprint density at radius 1 is 1.21 bits per heavy atom. The lowest BCUT2D eigenvalue weighted by Crippen LogP contribution is -2.55. The Labute approximate surface area is 171 Å². The molecule has 0 N–H and O–H groups in total. The number of rotatable bonds is 2. The van der Waals surface area contributed by atoms with Crippen LogP contribution in [0.15, 0.2) is 30.5 Å². The summed E-state index contributed by atoms with van der Waals surface area (Å²) in [6.45, 7) is 3.48. The molecule has 156 valence electrons. The average Bonchev–Trinajstić information content (AvgIpc) is 2.91. The molecule has 0 saturated carbocycles. The van der Waals surface area contributed by atoms with E-state index in [1.807, 2.05) is 38.2 Å². The van der Waals surface area contributed by atoms with Crippen molar-refractivity contribution in [3.05, 3.63) is 47.3 Å². The Morgan fingerprint density at radius 3 is 2.52 bits per heavy atom. The zero-order valence-corrected chi connectivity index (χ0v) is 17.8. The summed E-state index contributed by atoms with van der Waals surface area (Å²) >= 11 is 0. The van der Waals surface area contributed by atoms with Crippen molar-refractivity contribution >= 4 is 15.9 Å². The van der Waals surface area contributed by atoms with Crippen molar-refractivity contribution in [2.24, 2.45) is 7.05 Å². The lowest BCUT2D eigenvalue weighted by molar-refractivity contribution is -0.00251. The summed E-state index contributed by atoms with van der Waals surface area (Å²) in [7, 11) is -1.57. The van der Waals surface area contributed by atoms with Gasteiger partial charge < -0.3 is 9.64 Å². The number of fused-ring (bicyclic) bond motifs is 1. The van der Waals surface area contributed by atoms with Crippen molar-refractivity contribution in [1.29, 1.82) is 0 Å². The zero-order valence-electron chi connectivity index (χ0n) is 17.0. The number of piperidine rings is 1. The maximum absolute atomic E-state index is 12.9. The van der Waals surface area contributed by atoms with Crippen LogP contribution in [0.2, 0.25) is 0 Å². The van der Waals surface area contributed by atoms with Crippen LogP contribution in [0.3, 0.4) is 0 Å². The predicted molar refractivity (Wildman–Crippen MR) is 108 cm³/mol. The van der Waals surface area contributed by atoms with Crippen molar-refractivity contribution in [1.82, 2.24) is 19.0 Å². The second kappa shape index (κ2) is 7.14. The molecule has 1 aromatic carbocycles. The maximum atomic E-state index is 12.9. The van der Waals surface area contributed by atoms with Gasteiger partial charge in [-0.05, 0) is 13.0 Å². The second-order valence-electron chi connectivity index (χ2n) is 7.98. The van der Waals surface area contributed by atoms with Crippen LogP contribution in [-0.2, 0) is 23.6 Å². The number of hydrogen-bond donors (Lipinski definition) is 0. The van der Waals surface area contributed by atoms with Crippen molar-refractivity contribution in [3.63, 3.8) is 0 Å². The molecule has 2 aliphatic heterocycles. The number of amides is 1. The number of likely N-dealkylation sites (tertiary alicyclic amines) is 1. The normalized spacial score (nSPS) is 19.5. The molecule has 0 atom stereocenters. The van der Waals surface area contributed by atoms with Gasteiger partial charge in [0.15, 0.2) is 0 Å². The summed E-state index contributed by atoms with van der Waals surface area (Å²) in [4.78, 5) is 14.7. The highest BCUT2D eigenvalue weighted by Crippen LogP contribution is 2.36. The third-order valence-corrected chi connectivity index (χ3v) is 7.20. The van der Waals surface area contributed by atoms with Crippen LogP contribution >= 0.6 is 0 Å². The highest BCUT2D eigenvalue weighted by Gasteiger charge is 2.43. The Morgan fingerprint density at radius 2 is 1.90 bits per heavy atom. The van der Waals surface area contributed by atoms with E-state index >= 15 is 0 Å². The minimum Gasteiger partial charge on any atom is -0.485 e. The molecule has 0 radical (unpaired) electrons. The largest absolute Gasteiger partial charge is 0.485 e. The lowest BCUT2D eigenvalue weighted by atomic mass is 9.90. The molecule has 0 bridgehead atoms. The first-order valence-corrected chi connectivity index (χ1v) is 11.5. The summed E-state index contributed by atoms with van der Waals surface area (Å²) in [6.07, 6.45) is 3.97. The van der Waals surface area contributed by atoms with Gasteiger partial charge in [0.2, 0.25) is 10.0 Å². The standard InChI is InChI=1S/C20H26N4O4S/c1-15-17(12-21-22(15)2)19(25)23-10-8-20(9-11-23)14-24(29(3,26)27)13-16-6-4-5-7-18(16)28-20/h4-7,12H,8-11,13-14H2,1-3H3. The Balaban J connectivity index is 1.57. The molecule has 1 fully saturated rings. The molecule has 1 saturated heterocycles. The number of hydrogen-bond acceptors (Lipinski definition) is 5. The summed E-state index contributed by atoms with van der Waals surface area (Å²) < 4.78 is 34.3. The number of aryl methyl sites for hydroxylation is 1. The summed E-state index contributed by atoms with van der Waals surface area (Å²) in [5.41, 5.74) is 1.65. The van der Waals surface area contributed by atoms with Gasteiger partial charge in [-0.1, -0.05) is 18.2 Å². The number of aromatic nitrogens is 2. The first-order chi connectivity index (χ1) is 13.7. The quantitative estimate of drug-likeness (QED) is 0.739. The Bertz CT molecular complexity index is 1040. The van der Waals surface area contributed by atoms with E-state index in [0.717, 1.165) is 17.0 Å². The fraction of sp³-hybridized carbons (Fsp3) is 0.500. The average molecular weight is 419 g/mol. The highest BCUT2D eigenvalue weighted by atomic mass is 32.2. The van der Waals surface area contributed by atoms with E-state index in [0.29, 0.717) is 38.0 Å². The monoisotopic (exact) mass is 418 g/mol. The van der Waals surface area contributed by atoms with Crippen LogP contribution in [0.25, 0.3) is 0 Å². The van der Waals surface area contributed by atoms with E-state index in [-0.39, 0.29) is 12.5 Å². The molecule has 0 aliphatic carbocycles. The number of ether oxygens (including phenoxy) is 1. The van der Waals surface area contributed by atoms with Crippen molar-refractivity contribution in [2.45, 2.75) is 31.9 Å². The number of para-hydroxylation sites is 1. The highest BCUT2D eigenvalue weighted by molar-refractivity contribution is 7.88. The molecule has 1 spiro atoms. The molecular weight excluding hydrogens is 392 g/mol. The smallest absolute Gasteiger partial charge is 0.257 e. The molecule has 1 amide bonds. The van der Waals surface area contributed by atoms with Crippen LogP contribution in [0, 0.1) is 6.92 Å². The van der Waals surface area contributed by atoms with Gasteiger partial charge in [-0.2, -0.15) is 9.40 Å². The number of carbonyl (C=O) groups is 1. The van der Waals surface area contributed by atoms with Gasteiger partial charge in [0.25, 0.3) is 5.91 Å². The molecule has 4 rings (SSSR count). The van der Waals surface area contributed by atoms with Gasteiger partial charge >= 0.3 is 0 Å². The number of sulfonamides is 1. The Kier molecular flexibility index (Phi) is 4.90. The lowest BCUT2D eigenvalue weighted by Gasteiger charge is -2.42. The first kappa shape index (κ1) is 19.9. The van der Waals surface area contributed by atoms with Crippen molar-refractivity contribution in [2.75, 3.05) is 25.9 Å². The molecule has 1 aromatic heterocycles. The van der Waals surface area contributed by atoms with Gasteiger partial charge in [0, 0.05) is 50.8 Å². The molecule has 0 unspecified atom stereocenters. The van der Waals surface area contributed by atoms with E-state index in [4.69, 9.17) is 4.74 Å². The fourth-order valence-electron chi connectivity index (χ4n) is 4.06. The number of nitrogens with zero attached hydrogens (tertiary/aromatic N) is 4. The van der Waals surface area contributed by atoms with E-state index < -0.39 is 15.6 Å². The SMILES string of the molecule is Cc1c(C(=O)N2CCC3(CC2)CN(S(C)(=O)=O)Cc2ccccc2O3)cnn1C. The van der Waals surface area contributed by atoms with Crippen LogP contribution in [-0.4, -0.2) is 64.8 Å². The number of carbonyl (C=O) groups excluding carboxylic acids is 1. The van der Waals surface area contributed by atoms with Gasteiger partial charge in [0.1, 0.15) is 11.4 Å². The fourth-order valence-corrected chi connectivity index (χ4v) is 4.90. The van der Waals surface area contributed by atoms with E-state index in [2.05, 4.69) is 5.10 Å². The Hall–Kier alpha value is -2.39. The number of benzene rings is 1. The molecular formula is C20H26N4O4S. The molecule has 9 heteroatoms. The molecule has 3 heterocycles. The van der Waals surface area contributed by atoms with Crippen molar-refractivity contribution in [3.8, 4) is 5.75 Å². The maximum Gasteiger partial charge on any atom is 0.257 e. The summed E-state index contributed by atoms with van der Waals surface area (Å²) in [5, 5.41) is 4.16. The second-order valence-corrected chi connectivity index (χ2v) is 9.97. The van der Waals surface area contributed by atoms with E-state index in [9.17, 15) is 13.2 Å². The first-order valence-electron chi connectivity index (χ1n) is 9.68. The molecule has 2 aromatic rings. The van der Waals surface area contributed by atoms with E-state index in [1.165, 1.54) is 10.6 Å². The van der Waals surface area contributed by atoms with Crippen LogP contribution < -0.4 is 4.74 Å². The summed E-state index contributed by atoms with van der Waals surface area (Å²) in [5.74, 6) is 0.681. The third-order valence-electron chi connectivity index (χ3n) is 6.01. The van der Waals surface area contributed by atoms with Crippen LogP contribution in [0.5, 0.6) is 5.75 Å². The zero-order chi connectivity index (χ0) is 20.8. The summed E-state index contributed by atoms with van der Waals surface area (Å²) in [6, 6.07) is 7.57. The van der Waals surface area contributed by atoms with Gasteiger partial charge in [-0.25, -0.2) is 8.42 Å². The van der Waals surface area contributed by atoms with Gasteiger partial charge in [-0.3, -0.25) is 9.48 Å². The minimum absolute atomic E-state index is 0.0422. The van der Waals surface area contributed by atoms with Crippen LogP contribution in [0.1, 0.15) is 34.5 Å². The third kappa shape index (κ3) is 3.76. The van der Waals surface area contributed by atoms with E-state index in [1.54, 1.807) is 15.8 Å². The van der Waals surface area contributed by atoms with Gasteiger partial charge in [0.05, 0.1) is 24.6 Å². The predicted octanol–water partition coefficient (Wildman–Crippen LogP) is 1.56. The molecule has 2 aliphatic rings. The van der Waals surface area contributed by atoms with Crippen LogP contribution in [0.4, 0.5) is 0 Å². The molecule has 8 nitrogen and oxygen atoms in total.